The van der Waals surface area contributed by atoms with Crippen LogP contribution in [0.3, 0.4) is 0 Å². The maximum absolute atomic E-state index is 13.0. The van der Waals surface area contributed by atoms with Crippen LogP contribution in [0.25, 0.3) is 0 Å². The molecule has 0 saturated carbocycles. The van der Waals surface area contributed by atoms with Crippen LogP contribution in [0.15, 0.2) is 24.3 Å². The van der Waals surface area contributed by atoms with Crippen molar-refractivity contribution in [2.45, 2.75) is 63.5 Å². The van der Waals surface area contributed by atoms with Crippen molar-refractivity contribution in [1.82, 2.24) is 9.80 Å². The van der Waals surface area contributed by atoms with Gasteiger partial charge in [0.15, 0.2) is 0 Å². The number of piperazine rings is 1. The number of quaternary nitrogens is 1. The summed E-state index contributed by atoms with van der Waals surface area (Å²) in [6.07, 6.45) is 1.46. The number of rotatable bonds is 6. The van der Waals surface area contributed by atoms with Crippen molar-refractivity contribution in [1.29, 1.82) is 0 Å². The molecule has 0 unspecified atom stereocenters. The lowest BCUT2D eigenvalue weighted by Crippen LogP contribution is -3.15. The van der Waals surface area contributed by atoms with Crippen LogP contribution in [0.4, 0.5) is 0 Å². The summed E-state index contributed by atoms with van der Waals surface area (Å²) in [6.45, 7) is 16.1. The average Bonchev–Trinajstić information content (AvgIpc) is 3.07. The Labute approximate surface area is 186 Å². The minimum absolute atomic E-state index is 0.0614. The summed E-state index contributed by atoms with van der Waals surface area (Å²) in [4.78, 5) is 30.5. The quantitative estimate of drug-likeness (QED) is 0.751. The molecule has 2 aliphatic rings. The number of amides is 2. The van der Waals surface area contributed by atoms with E-state index in [0.29, 0.717) is 6.42 Å². The molecule has 1 aromatic rings. The van der Waals surface area contributed by atoms with Gasteiger partial charge in [-0.15, -0.1) is 11.8 Å². The first-order valence-electron chi connectivity index (χ1n) is 11.4. The van der Waals surface area contributed by atoms with Gasteiger partial charge in [0.25, 0.3) is 0 Å². The fourth-order valence-corrected chi connectivity index (χ4v) is 5.74. The normalized spacial score (nSPS) is 23.3. The fourth-order valence-electron chi connectivity index (χ4n) is 4.32. The van der Waals surface area contributed by atoms with E-state index in [9.17, 15) is 9.59 Å². The number of benzene rings is 1. The van der Waals surface area contributed by atoms with E-state index in [-0.39, 0.29) is 27.9 Å². The van der Waals surface area contributed by atoms with Gasteiger partial charge >= 0.3 is 0 Å². The van der Waals surface area contributed by atoms with E-state index < -0.39 is 0 Å². The molecule has 3 rings (SSSR count). The maximum Gasteiger partial charge on any atom is 0.237 e. The van der Waals surface area contributed by atoms with Crippen molar-refractivity contribution in [3.63, 3.8) is 0 Å². The van der Waals surface area contributed by atoms with Gasteiger partial charge in [0, 0.05) is 6.42 Å². The summed E-state index contributed by atoms with van der Waals surface area (Å²) in [7, 11) is 0. The molecule has 6 heteroatoms. The highest BCUT2D eigenvalue weighted by molar-refractivity contribution is 8.01. The Morgan fingerprint density at radius 1 is 1.13 bits per heavy atom. The van der Waals surface area contributed by atoms with E-state index in [4.69, 9.17) is 0 Å². The first-order valence-corrected chi connectivity index (χ1v) is 12.4. The zero-order valence-corrected chi connectivity index (χ0v) is 20.1. The summed E-state index contributed by atoms with van der Waals surface area (Å²) >= 11 is 1.80. The third-order valence-electron chi connectivity index (χ3n) is 6.40. The molecule has 0 radical (unpaired) electrons. The highest BCUT2D eigenvalue weighted by Gasteiger charge is 2.40. The minimum Gasteiger partial charge on any atom is -0.331 e. The molecular weight excluding hydrogens is 394 g/mol. The molecule has 1 aromatic carbocycles. The highest BCUT2D eigenvalue weighted by atomic mass is 32.2. The van der Waals surface area contributed by atoms with Crippen LogP contribution < -0.4 is 4.90 Å². The van der Waals surface area contributed by atoms with Gasteiger partial charge < -0.3 is 14.7 Å². The number of hydrogen-bond donors (Lipinski definition) is 1. The Kier molecular flexibility index (Phi) is 7.51. The summed E-state index contributed by atoms with van der Waals surface area (Å²) in [5.74, 6) is 0.538. The van der Waals surface area contributed by atoms with Crippen LogP contribution in [0, 0.1) is 0 Å². The molecule has 2 atom stereocenters. The standard InChI is InChI=1S/C24H37N3O2S/c1-6-20-22(29)27(17-14-25-12-15-26(16-13-25)21(28)7-2)23(30-20)18-8-10-19(11-9-18)24(3,4)5/h8-11,20,23H,6-7,12-17H2,1-5H3/p+1/t20-,23-/m0/s1. The summed E-state index contributed by atoms with van der Waals surface area (Å²) < 4.78 is 0. The molecule has 0 bridgehead atoms. The predicted octanol–water partition coefficient (Wildman–Crippen LogP) is 2.47. The molecule has 0 spiro atoms. The van der Waals surface area contributed by atoms with Crippen LogP contribution in [-0.2, 0) is 15.0 Å². The van der Waals surface area contributed by atoms with Crippen LogP contribution in [0.1, 0.15) is 64.0 Å². The van der Waals surface area contributed by atoms with E-state index in [0.717, 1.165) is 45.7 Å². The Morgan fingerprint density at radius 2 is 1.77 bits per heavy atom. The van der Waals surface area contributed by atoms with E-state index in [1.165, 1.54) is 16.0 Å². The molecule has 166 valence electrons. The average molecular weight is 433 g/mol. The van der Waals surface area contributed by atoms with Crippen molar-refractivity contribution in [2.75, 3.05) is 39.3 Å². The van der Waals surface area contributed by atoms with Crippen molar-refractivity contribution in [3.05, 3.63) is 35.4 Å². The van der Waals surface area contributed by atoms with Gasteiger partial charge in [0.1, 0.15) is 5.37 Å². The van der Waals surface area contributed by atoms with Gasteiger partial charge in [-0.05, 0) is 23.0 Å². The highest BCUT2D eigenvalue weighted by Crippen LogP contribution is 2.44. The van der Waals surface area contributed by atoms with Crippen LogP contribution in [0.2, 0.25) is 0 Å². The molecule has 5 nitrogen and oxygen atoms in total. The van der Waals surface area contributed by atoms with Gasteiger partial charge in [-0.1, -0.05) is 58.9 Å². The molecule has 2 aliphatic heterocycles. The third-order valence-corrected chi connectivity index (χ3v) is 8.05. The molecule has 0 aliphatic carbocycles. The van der Waals surface area contributed by atoms with Crippen molar-refractivity contribution < 1.29 is 14.5 Å². The smallest absolute Gasteiger partial charge is 0.237 e. The van der Waals surface area contributed by atoms with Gasteiger partial charge in [0.2, 0.25) is 11.8 Å². The lowest BCUT2D eigenvalue weighted by atomic mass is 9.86. The number of hydrogen-bond acceptors (Lipinski definition) is 3. The predicted molar refractivity (Wildman–Crippen MR) is 124 cm³/mol. The van der Waals surface area contributed by atoms with Gasteiger partial charge in [-0.25, -0.2) is 0 Å². The second kappa shape index (κ2) is 9.73. The third kappa shape index (κ3) is 5.20. The fraction of sp³-hybridized carbons (Fsp3) is 0.667. The summed E-state index contributed by atoms with van der Waals surface area (Å²) in [5, 5.41) is 0.171. The molecule has 0 aromatic heterocycles. The van der Waals surface area contributed by atoms with E-state index in [1.54, 1.807) is 11.8 Å². The molecule has 2 saturated heterocycles. The number of carbonyl (C=O) groups is 2. The van der Waals surface area contributed by atoms with Crippen LogP contribution in [-0.4, -0.2) is 66.1 Å². The number of thioether (sulfide) groups is 1. The number of nitrogens with one attached hydrogen (secondary N) is 1. The zero-order chi connectivity index (χ0) is 21.9. The Balaban J connectivity index is 1.64. The van der Waals surface area contributed by atoms with Gasteiger partial charge in [-0.2, -0.15) is 0 Å². The molecular formula is C24H38N3O2S+. The van der Waals surface area contributed by atoms with E-state index in [1.807, 2.05) is 11.8 Å². The van der Waals surface area contributed by atoms with Crippen LogP contribution >= 0.6 is 11.8 Å². The second-order valence-corrected chi connectivity index (χ2v) is 10.8. The van der Waals surface area contributed by atoms with Gasteiger partial charge in [-0.3, -0.25) is 9.59 Å². The Morgan fingerprint density at radius 3 is 2.30 bits per heavy atom. The second-order valence-electron chi connectivity index (χ2n) is 9.52. The molecule has 2 heterocycles. The molecule has 2 amide bonds. The SMILES string of the molecule is CCC(=O)N1CC[NH+](CCN2C(=O)[C@H](CC)S[C@H]2c2ccc(C(C)(C)C)cc2)CC1. The van der Waals surface area contributed by atoms with Crippen LogP contribution in [0.5, 0.6) is 0 Å². The van der Waals surface area contributed by atoms with Crippen molar-refractivity contribution in [3.8, 4) is 0 Å². The number of carbonyl (C=O) groups excluding carboxylic acids is 2. The van der Waals surface area contributed by atoms with E-state index in [2.05, 4.69) is 56.9 Å². The van der Waals surface area contributed by atoms with Crippen molar-refractivity contribution in [2.24, 2.45) is 0 Å². The van der Waals surface area contributed by atoms with Crippen molar-refractivity contribution >= 4 is 23.6 Å². The lowest BCUT2D eigenvalue weighted by Gasteiger charge is -2.33. The lowest BCUT2D eigenvalue weighted by molar-refractivity contribution is -0.903. The molecule has 2 fully saturated rings. The summed E-state index contributed by atoms with van der Waals surface area (Å²) in [6, 6.07) is 8.84. The summed E-state index contributed by atoms with van der Waals surface area (Å²) in [5.41, 5.74) is 2.68. The van der Waals surface area contributed by atoms with E-state index >= 15 is 0 Å². The maximum atomic E-state index is 13.0. The van der Waals surface area contributed by atoms with Gasteiger partial charge in [0.05, 0.1) is 44.5 Å². The molecule has 30 heavy (non-hydrogen) atoms. The zero-order valence-electron chi connectivity index (χ0n) is 19.2. The Bertz CT molecular complexity index is 736. The first kappa shape index (κ1) is 23.1. The topological polar surface area (TPSA) is 45.1 Å². The molecule has 1 N–H and O–H groups in total. The minimum atomic E-state index is 0.0614. The first-order chi connectivity index (χ1) is 14.2. The Hall–Kier alpha value is -1.53. The largest absolute Gasteiger partial charge is 0.331 e. The monoisotopic (exact) mass is 432 g/mol. The number of nitrogens with zero attached hydrogens (tertiary/aromatic N) is 2.